The van der Waals surface area contributed by atoms with Gasteiger partial charge < -0.3 is 14.8 Å². The number of carbonyl (C=O) groups is 1. The summed E-state index contributed by atoms with van der Waals surface area (Å²) in [6.07, 6.45) is 0.716. The number of anilines is 1. The first kappa shape index (κ1) is 17.8. The molecule has 4 nitrogen and oxygen atoms in total. The van der Waals surface area contributed by atoms with E-state index in [1.54, 1.807) is 6.07 Å². The van der Waals surface area contributed by atoms with Crippen molar-refractivity contribution >= 4 is 33.0 Å². The molecule has 0 fully saturated rings. The molecular formula is C24H19NO3S. The van der Waals surface area contributed by atoms with Crippen LogP contribution in [0.4, 0.5) is 5.69 Å². The number of aryl methyl sites for hydroxylation is 1. The van der Waals surface area contributed by atoms with E-state index in [0.717, 1.165) is 20.5 Å². The van der Waals surface area contributed by atoms with E-state index in [0.29, 0.717) is 23.6 Å². The number of fused-ring (bicyclic) bond motifs is 2. The Balaban J connectivity index is 1.50. The molecule has 2 heterocycles. The molecule has 1 aromatic heterocycles. The van der Waals surface area contributed by atoms with Gasteiger partial charge in [-0.25, -0.2) is 0 Å². The van der Waals surface area contributed by atoms with Crippen molar-refractivity contribution in [2.24, 2.45) is 0 Å². The second-order valence-corrected chi connectivity index (χ2v) is 8.14. The number of hydrogen-bond donors (Lipinski definition) is 1. The van der Waals surface area contributed by atoms with Gasteiger partial charge in [0.15, 0.2) is 11.5 Å². The molecule has 0 saturated heterocycles. The Morgan fingerprint density at radius 2 is 1.79 bits per heavy atom. The van der Waals surface area contributed by atoms with E-state index in [4.69, 9.17) is 9.47 Å². The summed E-state index contributed by atoms with van der Waals surface area (Å²) in [6.45, 7) is 2.29. The molecule has 1 amide bonds. The molecule has 1 N–H and O–H groups in total. The van der Waals surface area contributed by atoms with Crippen LogP contribution in [0.5, 0.6) is 11.5 Å². The number of benzene rings is 3. The van der Waals surface area contributed by atoms with Crippen LogP contribution in [0, 0.1) is 6.92 Å². The zero-order valence-corrected chi connectivity index (χ0v) is 16.7. The van der Waals surface area contributed by atoms with Crippen molar-refractivity contribution < 1.29 is 14.3 Å². The summed E-state index contributed by atoms with van der Waals surface area (Å²) in [4.78, 5) is 13.9. The zero-order chi connectivity index (χ0) is 19.8. The second kappa shape index (κ2) is 7.26. The molecule has 1 aliphatic rings. The Labute approximate surface area is 172 Å². The second-order valence-electron chi connectivity index (χ2n) is 7.09. The van der Waals surface area contributed by atoms with E-state index >= 15 is 0 Å². The molecule has 3 aromatic carbocycles. The first-order valence-corrected chi connectivity index (χ1v) is 10.3. The molecular weight excluding hydrogens is 382 g/mol. The molecule has 0 spiro atoms. The molecule has 5 rings (SSSR count). The third kappa shape index (κ3) is 3.45. The lowest BCUT2D eigenvalue weighted by molar-refractivity contribution is 0.103. The Morgan fingerprint density at radius 3 is 2.66 bits per heavy atom. The van der Waals surface area contributed by atoms with Crippen LogP contribution in [-0.4, -0.2) is 12.7 Å². The quantitative estimate of drug-likeness (QED) is 0.471. The number of thiophene rings is 1. The van der Waals surface area contributed by atoms with Crippen molar-refractivity contribution in [3.63, 3.8) is 0 Å². The predicted octanol–water partition coefficient (Wildman–Crippen LogP) is 5.78. The Morgan fingerprint density at radius 1 is 1.00 bits per heavy atom. The zero-order valence-electron chi connectivity index (χ0n) is 15.9. The van der Waals surface area contributed by atoms with E-state index in [1.807, 2.05) is 24.3 Å². The first-order valence-electron chi connectivity index (χ1n) is 9.44. The average Bonchev–Trinajstić information content (AvgIpc) is 3.34. The molecule has 1 aliphatic heterocycles. The highest BCUT2D eigenvalue weighted by atomic mass is 32.1. The van der Waals surface area contributed by atoms with Gasteiger partial charge in [-0.3, -0.25) is 4.79 Å². The molecule has 5 heteroatoms. The number of rotatable bonds is 4. The molecule has 4 aromatic rings. The van der Waals surface area contributed by atoms with E-state index in [1.165, 1.54) is 22.5 Å². The molecule has 29 heavy (non-hydrogen) atoms. The van der Waals surface area contributed by atoms with Crippen molar-refractivity contribution in [1.29, 1.82) is 0 Å². The monoisotopic (exact) mass is 401 g/mol. The standard InChI is InChI=1S/C24H19NO3S/c1-15-6-8-16(9-7-15)12-19-18-4-2-3-5-22(18)29-23(19)24(26)25-17-10-11-20-21(13-17)28-14-27-20/h2-11,13H,12,14H2,1H3,(H,25,26). The highest BCUT2D eigenvalue weighted by Gasteiger charge is 2.20. The van der Waals surface area contributed by atoms with Crippen molar-refractivity contribution in [2.75, 3.05) is 12.1 Å². The van der Waals surface area contributed by atoms with Crippen molar-refractivity contribution in [1.82, 2.24) is 0 Å². The van der Waals surface area contributed by atoms with Crippen LogP contribution >= 0.6 is 11.3 Å². The van der Waals surface area contributed by atoms with Gasteiger partial charge in [-0.2, -0.15) is 0 Å². The Kier molecular flexibility index (Phi) is 4.45. The van der Waals surface area contributed by atoms with Crippen LogP contribution in [0.3, 0.4) is 0 Å². The summed E-state index contributed by atoms with van der Waals surface area (Å²) in [5, 5.41) is 4.15. The molecule has 0 atom stereocenters. The summed E-state index contributed by atoms with van der Waals surface area (Å²) in [6, 6.07) is 22.1. The molecule has 0 saturated carbocycles. The van der Waals surface area contributed by atoms with E-state index in [2.05, 4.69) is 48.6 Å². The number of amides is 1. The minimum atomic E-state index is -0.104. The van der Waals surface area contributed by atoms with Gasteiger partial charge in [0.1, 0.15) is 0 Å². The summed E-state index contributed by atoms with van der Waals surface area (Å²) in [7, 11) is 0. The van der Waals surface area contributed by atoms with E-state index in [-0.39, 0.29) is 12.7 Å². The Bertz CT molecular complexity index is 1210. The molecule has 0 unspecified atom stereocenters. The summed E-state index contributed by atoms with van der Waals surface area (Å²) < 4.78 is 11.9. The lowest BCUT2D eigenvalue weighted by Gasteiger charge is -2.08. The van der Waals surface area contributed by atoms with Gasteiger partial charge in [0.25, 0.3) is 5.91 Å². The minimum Gasteiger partial charge on any atom is -0.454 e. The van der Waals surface area contributed by atoms with Crippen molar-refractivity contribution in [3.05, 3.63) is 88.3 Å². The minimum absolute atomic E-state index is 0.104. The molecule has 0 radical (unpaired) electrons. The van der Waals surface area contributed by atoms with Crippen LogP contribution in [0.15, 0.2) is 66.7 Å². The molecule has 0 aliphatic carbocycles. The van der Waals surface area contributed by atoms with Gasteiger partial charge in [0.05, 0.1) is 4.88 Å². The maximum absolute atomic E-state index is 13.2. The number of nitrogens with one attached hydrogen (secondary N) is 1. The fourth-order valence-electron chi connectivity index (χ4n) is 3.53. The molecule has 144 valence electrons. The van der Waals surface area contributed by atoms with Crippen LogP contribution in [-0.2, 0) is 6.42 Å². The van der Waals surface area contributed by atoms with Gasteiger partial charge in [-0.1, -0.05) is 48.0 Å². The predicted molar refractivity (Wildman–Crippen MR) is 116 cm³/mol. The molecule has 0 bridgehead atoms. The Hall–Kier alpha value is -3.31. The number of carbonyl (C=O) groups excluding carboxylic acids is 1. The fraction of sp³-hybridized carbons (Fsp3) is 0.125. The topological polar surface area (TPSA) is 47.6 Å². The number of ether oxygens (including phenoxy) is 2. The summed E-state index contributed by atoms with van der Waals surface area (Å²) in [5.74, 6) is 1.25. The maximum Gasteiger partial charge on any atom is 0.266 e. The van der Waals surface area contributed by atoms with Gasteiger partial charge in [0, 0.05) is 16.5 Å². The van der Waals surface area contributed by atoms with Crippen LogP contribution in [0.25, 0.3) is 10.1 Å². The van der Waals surface area contributed by atoms with Crippen LogP contribution < -0.4 is 14.8 Å². The van der Waals surface area contributed by atoms with Crippen molar-refractivity contribution in [2.45, 2.75) is 13.3 Å². The van der Waals surface area contributed by atoms with Crippen molar-refractivity contribution in [3.8, 4) is 11.5 Å². The SMILES string of the molecule is Cc1ccc(Cc2c(C(=O)Nc3ccc4c(c3)OCO4)sc3ccccc23)cc1. The normalized spacial score (nSPS) is 12.3. The number of hydrogen-bond acceptors (Lipinski definition) is 4. The fourth-order valence-corrected chi connectivity index (χ4v) is 4.65. The van der Waals surface area contributed by atoms with E-state index < -0.39 is 0 Å². The maximum atomic E-state index is 13.2. The lowest BCUT2D eigenvalue weighted by Crippen LogP contribution is -2.12. The van der Waals surface area contributed by atoms with Crippen LogP contribution in [0.2, 0.25) is 0 Å². The average molecular weight is 401 g/mol. The third-order valence-electron chi connectivity index (χ3n) is 5.04. The van der Waals surface area contributed by atoms with Crippen LogP contribution in [0.1, 0.15) is 26.4 Å². The van der Waals surface area contributed by atoms with Gasteiger partial charge in [-0.05, 0) is 48.1 Å². The first-order chi connectivity index (χ1) is 14.2. The summed E-state index contributed by atoms with van der Waals surface area (Å²) in [5.41, 5.74) is 4.17. The van der Waals surface area contributed by atoms with Gasteiger partial charge in [0.2, 0.25) is 6.79 Å². The van der Waals surface area contributed by atoms with Gasteiger partial charge >= 0.3 is 0 Å². The lowest BCUT2D eigenvalue weighted by atomic mass is 10.0. The largest absolute Gasteiger partial charge is 0.454 e. The smallest absolute Gasteiger partial charge is 0.266 e. The van der Waals surface area contributed by atoms with E-state index in [9.17, 15) is 4.79 Å². The summed E-state index contributed by atoms with van der Waals surface area (Å²) >= 11 is 1.53. The highest BCUT2D eigenvalue weighted by molar-refractivity contribution is 7.21. The third-order valence-corrected chi connectivity index (χ3v) is 6.25. The van der Waals surface area contributed by atoms with Gasteiger partial charge in [-0.15, -0.1) is 11.3 Å². The highest BCUT2D eigenvalue weighted by Crippen LogP contribution is 2.36.